The van der Waals surface area contributed by atoms with Crippen molar-refractivity contribution in [2.75, 3.05) is 0 Å². The van der Waals surface area contributed by atoms with Gasteiger partial charge in [-0.15, -0.1) is 0 Å². The molecule has 0 unspecified atom stereocenters. The fourth-order valence-corrected chi connectivity index (χ4v) is 11.9. The van der Waals surface area contributed by atoms with E-state index in [0.29, 0.717) is 46.5 Å². The first-order valence-electron chi connectivity index (χ1n) is 14.4. The molecule has 2 aromatic carbocycles. The minimum absolute atomic E-state index is 0.151. The minimum Gasteiger partial charge on any atom is -0.541 e. The van der Waals surface area contributed by atoms with Crippen LogP contribution in [0.25, 0.3) is 21.7 Å². The van der Waals surface area contributed by atoms with Crippen LogP contribution in [0.1, 0.15) is 69.9 Å². The molecule has 5 aromatic rings. The molecule has 0 spiro atoms. The van der Waals surface area contributed by atoms with Gasteiger partial charge in [0.05, 0.1) is 18.0 Å². The van der Waals surface area contributed by atoms with Gasteiger partial charge >= 0.3 is 0 Å². The third kappa shape index (κ3) is 5.14. The van der Waals surface area contributed by atoms with Crippen LogP contribution in [-0.2, 0) is 19.9 Å². The largest absolute Gasteiger partial charge is 0.541 e. The van der Waals surface area contributed by atoms with Gasteiger partial charge in [0.25, 0.3) is 8.32 Å². The number of aromatic nitrogens is 3. The summed E-state index contributed by atoms with van der Waals surface area (Å²) in [5, 5.41) is 13.9. The van der Waals surface area contributed by atoms with Gasteiger partial charge in [-0.3, -0.25) is 4.98 Å². The summed E-state index contributed by atoms with van der Waals surface area (Å²) < 4.78 is 28.5. The van der Waals surface area contributed by atoms with Gasteiger partial charge in [-0.1, -0.05) is 53.7 Å². The maximum atomic E-state index is 13.6. The number of aromatic hydroxyl groups is 1. The second-order valence-electron chi connectivity index (χ2n) is 12.2. The summed E-state index contributed by atoms with van der Waals surface area (Å²) in [6.07, 6.45) is 6.59. The lowest BCUT2D eigenvalue weighted by molar-refractivity contribution is 0.434. The summed E-state index contributed by atoms with van der Waals surface area (Å²) in [7, 11) is -0.570. The van der Waals surface area contributed by atoms with Crippen molar-refractivity contribution in [1.82, 2.24) is 14.5 Å². The molecule has 0 fully saturated rings. The molecule has 216 valence electrons. The summed E-state index contributed by atoms with van der Waals surface area (Å²) >= 11 is 0. The number of aryl methyl sites for hydroxylation is 2. The third-order valence-corrected chi connectivity index (χ3v) is 14.5. The minimum atomic E-state index is -2.41. The van der Waals surface area contributed by atoms with Crippen molar-refractivity contribution in [2.24, 2.45) is 7.05 Å². The van der Waals surface area contributed by atoms with Gasteiger partial charge in [-0.25, -0.2) is 9.37 Å². The van der Waals surface area contributed by atoms with Crippen molar-refractivity contribution in [3.05, 3.63) is 83.1 Å². The third-order valence-electron chi connectivity index (χ3n) is 8.49. The molecule has 0 atom stereocenters. The van der Waals surface area contributed by atoms with Crippen molar-refractivity contribution in [2.45, 2.75) is 77.9 Å². The smallest absolute Gasteiger partial charge is 0.258 e. The molecule has 0 amide bonds. The van der Waals surface area contributed by atoms with E-state index in [0.717, 1.165) is 38.7 Å². The zero-order valence-electron chi connectivity index (χ0n) is 25.2. The SMILES string of the molecule is Cc1cnc(Cc2c3cc(Cc4ccc(F)cc4)cnc3c(O[Si](C(C)C)(C(C)C)C(C)C)c3c(O)n(C)cc23)o1. The van der Waals surface area contributed by atoms with Gasteiger partial charge < -0.3 is 18.5 Å². The summed E-state index contributed by atoms with van der Waals surface area (Å²) in [5.41, 5.74) is 4.71. The molecule has 1 N–H and O–H groups in total. The fraction of sp³-hybridized carbons (Fsp3) is 0.394. The molecule has 0 aliphatic rings. The molecule has 3 heterocycles. The Hall–Kier alpha value is -3.65. The second kappa shape index (κ2) is 11.0. The zero-order chi connectivity index (χ0) is 29.6. The van der Waals surface area contributed by atoms with Crippen LogP contribution in [0.5, 0.6) is 11.6 Å². The first-order valence-corrected chi connectivity index (χ1v) is 16.5. The molecule has 0 saturated carbocycles. The number of pyridine rings is 1. The molecule has 8 heteroatoms. The first kappa shape index (κ1) is 28.9. The molecule has 0 bridgehead atoms. The highest BCUT2D eigenvalue weighted by Gasteiger charge is 2.48. The molecule has 6 nitrogen and oxygen atoms in total. The standard InChI is InChI=1S/C33H40FN3O3Si/c1-19(2)41(20(3)4,21(5)6)40-32-30-28(18-37(8)33(30)38)26(15-29-35-16-22(7)39-29)27-14-24(17-36-31(27)32)13-23-9-11-25(34)12-10-23/h9-12,14,16-21,38H,13,15H2,1-8H3. The van der Waals surface area contributed by atoms with Gasteiger partial charge in [0.15, 0.2) is 5.89 Å². The average molecular weight is 574 g/mol. The van der Waals surface area contributed by atoms with E-state index in [-0.39, 0.29) is 11.7 Å². The summed E-state index contributed by atoms with van der Waals surface area (Å²) in [4.78, 5) is 9.50. The van der Waals surface area contributed by atoms with Gasteiger partial charge in [0.1, 0.15) is 22.8 Å². The topological polar surface area (TPSA) is 73.3 Å². The van der Waals surface area contributed by atoms with E-state index in [4.69, 9.17) is 13.8 Å². The maximum Gasteiger partial charge on any atom is 0.258 e. The van der Waals surface area contributed by atoms with Crippen LogP contribution in [0.4, 0.5) is 4.39 Å². The van der Waals surface area contributed by atoms with Crippen LogP contribution in [-0.4, -0.2) is 28.0 Å². The van der Waals surface area contributed by atoms with E-state index in [2.05, 4.69) is 52.6 Å². The number of rotatable bonds is 9. The van der Waals surface area contributed by atoms with Crippen molar-refractivity contribution in [3.8, 4) is 11.6 Å². The van der Waals surface area contributed by atoms with Crippen LogP contribution >= 0.6 is 0 Å². The van der Waals surface area contributed by atoms with Gasteiger partial charge in [-0.05, 0) is 64.9 Å². The van der Waals surface area contributed by atoms with E-state index in [9.17, 15) is 9.50 Å². The Kier molecular flexibility index (Phi) is 7.72. The molecular weight excluding hydrogens is 533 g/mol. The van der Waals surface area contributed by atoms with Crippen LogP contribution in [0.3, 0.4) is 0 Å². The van der Waals surface area contributed by atoms with Crippen molar-refractivity contribution < 1.29 is 18.3 Å². The van der Waals surface area contributed by atoms with Gasteiger partial charge in [0.2, 0.25) is 5.88 Å². The van der Waals surface area contributed by atoms with E-state index in [1.54, 1.807) is 22.9 Å². The van der Waals surface area contributed by atoms with E-state index < -0.39 is 8.32 Å². The Morgan fingerprint density at radius 1 is 0.927 bits per heavy atom. The Balaban J connectivity index is 1.81. The molecule has 5 rings (SSSR count). The molecule has 41 heavy (non-hydrogen) atoms. The highest BCUT2D eigenvalue weighted by Crippen LogP contribution is 2.49. The van der Waals surface area contributed by atoms with E-state index >= 15 is 0 Å². The predicted molar refractivity (Wildman–Crippen MR) is 165 cm³/mol. The number of hydrogen-bond donors (Lipinski definition) is 1. The molecule has 0 aliphatic carbocycles. The number of hydrogen-bond acceptors (Lipinski definition) is 5. The summed E-state index contributed by atoms with van der Waals surface area (Å²) in [6.45, 7) is 15.4. The highest BCUT2D eigenvalue weighted by atomic mass is 28.4. The van der Waals surface area contributed by atoms with Crippen molar-refractivity contribution in [3.63, 3.8) is 0 Å². The summed E-state index contributed by atoms with van der Waals surface area (Å²) in [5.74, 6) is 1.89. The molecule has 0 aliphatic heterocycles. The number of fused-ring (bicyclic) bond motifs is 2. The number of halogens is 1. The van der Waals surface area contributed by atoms with Crippen molar-refractivity contribution >= 4 is 30.0 Å². The lowest BCUT2D eigenvalue weighted by atomic mass is 9.96. The summed E-state index contributed by atoms with van der Waals surface area (Å²) in [6, 6.07) is 8.72. The Morgan fingerprint density at radius 3 is 2.17 bits per heavy atom. The fourth-order valence-electron chi connectivity index (χ4n) is 6.64. The van der Waals surface area contributed by atoms with Crippen LogP contribution in [0.15, 0.2) is 53.3 Å². The molecule has 0 radical (unpaired) electrons. The van der Waals surface area contributed by atoms with Gasteiger partial charge in [0, 0.05) is 30.2 Å². The van der Waals surface area contributed by atoms with Gasteiger partial charge in [-0.2, -0.15) is 0 Å². The lowest BCUT2D eigenvalue weighted by Crippen LogP contribution is -2.50. The predicted octanol–water partition coefficient (Wildman–Crippen LogP) is 8.60. The Morgan fingerprint density at radius 2 is 1.59 bits per heavy atom. The number of benzene rings is 2. The molecule has 0 saturated heterocycles. The van der Waals surface area contributed by atoms with Crippen LogP contribution in [0.2, 0.25) is 16.6 Å². The van der Waals surface area contributed by atoms with E-state index in [1.165, 1.54) is 12.1 Å². The Labute approximate surface area is 242 Å². The normalized spacial score (nSPS) is 12.5. The average Bonchev–Trinajstić information content (AvgIpc) is 3.46. The highest BCUT2D eigenvalue weighted by molar-refractivity contribution is 6.78. The molecule has 3 aromatic heterocycles. The quantitative estimate of drug-likeness (QED) is 0.179. The van der Waals surface area contributed by atoms with Crippen molar-refractivity contribution in [1.29, 1.82) is 0 Å². The van der Waals surface area contributed by atoms with Crippen LogP contribution < -0.4 is 4.43 Å². The monoisotopic (exact) mass is 573 g/mol. The number of oxazole rings is 1. The lowest BCUT2D eigenvalue weighted by Gasteiger charge is -2.42. The van der Waals surface area contributed by atoms with Crippen LogP contribution in [0, 0.1) is 12.7 Å². The second-order valence-corrected chi connectivity index (χ2v) is 17.5. The first-order chi connectivity index (χ1) is 19.4. The molecular formula is C33H40FN3O3Si. The number of nitrogens with zero attached hydrogens (tertiary/aromatic N) is 3. The zero-order valence-corrected chi connectivity index (χ0v) is 26.2. The maximum absolute atomic E-state index is 13.6. The van der Waals surface area contributed by atoms with E-state index in [1.807, 2.05) is 26.4 Å². The Bertz CT molecular complexity index is 1680.